The predicted octanol–water partition coefficient (Wildman–Crippen LogP) is 2.55. The number of likely N-dealkylation sites (tertiary alicyclic amines) is 1. The summed E-state index contributed by atoms with van der Waals surface area (Å²) in [4.78, 5) is 40.9. The summed E-state index contributed by atoms with van der Waals surface area (Å²) in [5.74, 6) is -0.838. The van der Waals surface area contributed by atoms with E-state index in [1.165, 1.54) is 29.2 Å². The van der Waals surface area contributed by atoms with Gasteiger partial charge < -0.3 is 10.2 Å². The number of nitrogens with one attached hydrogen (secondary N) is 1. The fraction of sp³-hybridized carbons (Fsp3) is 0.286. The summed E-state index contributed by atoms with van der Waals surface area (Å²) in [6, 6.07) is 14.4. The Morgan fingerprint density at radius 2 is 1.64 bits per heavy atom. The second-order valence-electron chi connectivity index (χ2n) is 7.19. The Kier molecular flexibility index (Phi) is 4.58. The molecule has 2 aromatic rings. The van der Waals surface area contributed by atoms with Crippen LogP contribution >= 0.6 is 0 Å². The van der Waals surface area contributed by atoms with E-state index in [9.17, 15) is 18.8 Å². The van der Waals surface area contributed by atoms with Crippen LogP contribution in [0.2, 0.25) is 0 Å². The van der Waals surface area contributed by atoms with Crippen LogP contribution in [0.15, 0.2) is 54.6 Å². The SMILES string of the molecule is O=C(c1ccc(F)cc1)N1CCC2(CC1)NC(=O)N(Cc1ccccc1)C2=O. The average Bonchev–Trinajstić information content (AvgIpc) is 2.93. The smallest absolute Gasteiger partial charge is 0.325 e. The average molecular weight is 381 g/mol. The molecular weight excluding hydrogens is 361 g/mol. The van der Waals surface area contributed by atoms with Crippen molar-refractivity contribution >= 4 is 17.8 Å². The van der Waals surface area contributed by atoms with Crippen molar-refractivity contribution in [3.05, 3.63) is 71.5 Å². The first-order valence-electron chi connectivity index (χ1n) is 9.21. The highest BCUT2D eigenvalue weighted by atomic mass is 19.1. The molecular formula is C21H20FN3O3. The van der Waals surface area contributed by atoms with E-state index in [4.69, 9.17) is 0 Å². The van der Waals surface area contributed by atoms with Crippen LogP contribution in [0.25, 0.3) is 0 Å². The summed E-state index contributed by atoms with van der Waals surface area (Å²) in [5.41, 5.74) is 0.336. The summed E-state index contributed by atoms with van der Waals surface area (Å²) >= 11 is 0. The molecule has 144 valence electrons. The molecule has 0 aliphatic carbocycles. The van der Waals surface area contributed by atoms with Crippen molar-refractivity contribution < 1.29 is 18.8 Å². The number of carbonyl (C=O) groups is 3. The van der Waals surface area contributed by atoms with Crippen molar-refractivity contribution in [1.29, 1.82) is 0 Å². The Morgan fingerprint density at radius 3 is 2.29 bits per heavy atom. The summed E-state index contributed by atoms with van der Waals surface area (Å²) in [7, 11) is 0. The summed E-state index contributed by atoms with van der Waals surface area (Å²) < 4.78 is 13.1. The molecule has 1 N–H and O–H groups in total. The second-order valence-corrected chi connectivity index (χ2v) is 7.19. The van der Waals surface area contributed by atoms with Crippen molar-refractivity contribution in [2.45, 2.75) is 24.9 Å². The first-order chi connectivity index (χ1) is 13.5. The van der Waals surface area contributed by atoms with Gasteiger partial charge in [-0.15, -0.1) is 0 Å². The van der Waals surface area contributed by atoms with Crippen LogP contribution in [0.3, 0.4) is 0 Å². The van der Waals surface area contributed by atoms with Gasteiger partial charge in [0.25, 0.3) is 11.8 Å². The monoisotopic (exact) mass is 381 g/mol. The number of hydrogen-bond acceptors (Lipinski definition) is 3. The van der Waals surface area contributed by atoms with Gasteiger partial charge in [0.15, 0.2) is 0 Å². The highest BCUT2D eigenvalue weighted by Gasteiger charge is 2.52. The molecule has 0 radical (unpaired) electrons. The Bertz CT molecular complexity index is 906. The Morgan fingerprint density at radius 1 is 1.00 bits per heavy atom. The van der Waals surface area contributed by atoms with Crippen LogP contribution in [-0.4, -0.2) is 46.3 Å². The fourth-order valence-electron chi connectivity index (χ4n) is 3.79. The third-order valence-electron chi connectivity index (χ3n) is 5.42. The summed E-state index contributed by atoms with van der Waals surface area (Å²) in [6.45, 7) is 0.925. The topological polar surface area (TPSA) is 69.7 Å². The van der Waals surface area contributed by atoms with Gasteiger partial charge in [-0.1, -0.05) is 30.3 Å². The van der Waals surface area contributed by atoms with Gasteiger partial charge in [0, 0.05) is 18.7 Å². The van der Waals surface area contributed by atoms with E-state index in [-0.39, 0.29) is 18.4 Å². The highest BCUT2D eigenvalue weighted by molar-refractivity contribution is 6.07. The van der Waals surface area contributed by atoms with E-state index >= 15 is 0 Å². The highest BCUT2D eigenvalue weighted by Crippen LogP contribution is 2.31. The largest absolute Gasteiger partial charge is 0.338 e. The standard InChI is InChI=1S/C21H20FN3O3/c22-17-8-6-16(7-9-17)18(26)24-12-10-21(11-13-24)19(27)25(20(28)23-21)14-15-4-2-1-3-5-15/h1-9H,10-14H2,(H,23,28). The molecule has 2 aliphatic rings. The van der Waals surface area contributed by atoms with Crippen molar-refractivity contribution in [3.8, 4) is 0 Å². The zero-order valence-corrected chi connectivity index (χ0v) is 15.2. The molecule has 2 saturated heterocycles. The van der Waals surface area contributed by atoms with Crippen LogP contribution in [0.1, 0.15) is 28.8 Å². The van der Waals surface area contributed by atoms with E-state index in [2.05, 4.69) is 5.32 Å². The Balaban J connectivity index is 1.43. The molecule has 0 unspecified atom stereocenters. The molecule has 28 heavy (non-hydrogen) atoms. The van der Waals surface area contributed by atoms with Gasteiger partial charge in [-0.2, -0.15) is 0 Å². The summed E-state index contributed by atoms with van der Waals surface area (Å²) in [5, 5.41) is 2.85. The van der Waals surface area contributed by atoms with E-state index in [0.29, 0.717) is 31.5 Å². The number of carbonyl (C=O) groups excluding carboxylic acids is 3. The van der Waals surface area contributed by atoms with Crippen molar-refractivity contribution in [3.63, 3.8) is 0 Å². The van der Waals surface area contributed by atoms with E-state index in [1.807, 2.05) is 30.3 Å². The van der Waals surface area contributed by atoms with Gasteiger partial charge in [-0.05, 0) is 42.7 Å². The molecule has 0 atom stereocenters. The molecule has 0 aromatic heterocycles. The number of piperidine rings is 1. The molecule has 0 saturated carbocycles. The number of urea groups is 1. The minimum absolute atomic E-state index is 0.201. The van der Waals surface area contributed by atoms with Crippen LogP contribution in [0.5, 0.6) is 0 Å². The molecule has 4 amide bonds. The first kappa shape index (κ1) is 18.2. The van der Waals surface area contributed by atoms with Gasteiger partial charge in [0.05, 0.1) is 6.54 Å². The number of nitrogens with zero attached hydrogens (tertiary/aromatic N) is 2. The fourth-order valence-corrected chi connectivity index (χ4v) is 3.79. The minimum Gasteiger partial charge on any atom is -0.338 e. The van der Waals surface area contributed by atoms with Crippen molar-refractivity contribution in [2.75, 3.05) is 13.1 Å². The molecule has 6 nitrogen and oxygen atoms in total. The molecule has 7 heteroatoms. The molecule has 4 rings (SSSR count). The number of imide groups is 1. The van der Waals surface area contributed by atoms with Gasteiger partial charge in [0.1, 0.15) is 11.4 Å². The Labute approximate surface area is 161 Å². The number of benzene rings is 2. The van der Waals surface area contributed by atoms with E-state index < -0.39 is 17.4 Å². The number of hydrogen-bond donors (Lipinski definition) is 1. The summed E-state index contributed by atoms with van der Waals surface area (Å²) in [6.07, 6.45) is 0.714. The van der Waals surface area contributed by atoms with Crippen molar-refractivity contribution in [2.24, 2.45) is 0 Å². The van der Waals surface area contributed by atoms with Crippen molar-refractivity contribution in [1.82, 2.24) is 15.1 Å². The molecule has 2 aromatic carbocycles. The maximum atomic E-state index is 13.1. The lowest BCUT2D eigenvalue weighted by Gasteiger charge is -2.37. The van der Waals surface area contributed by atoms with Gasteiger partial charge in [-0.25, -0.2) is 9.18 Å². The van der Waals surface area contributed by atoms with E-state index in [1.54, 1.807) is 4.90 Å². The molecule has 1 spiro atoms. The Hall–Kier alpha value is -3.22. The third kappa shape index (κ3) is 3.24. The zero-order valence-electron chi connectivity index (χ0n) is 15.2. The maximum Gasteiger partial charge on any atom is 0.325 e. The molecule has 0 bridgehead atoms. The lowest BCUT2D eigenvalue weighted by atomic mass is 9.87. The zero-order chi connectivity index (χ0) is 19.7. The van der Waals surface area contributed by atoms with Gasteiger partial charge >= 0.3 is 6.03 Å². The predicted molar refractivity (Wildman–Crippen MR) is 99.8 cm³/mol. The lowest BCUT2D eigenvalue weighted by Crippen LogP contribution is -2.55. The maximum absolute atomic E-state index is 13.1. The number of halogens is 1. The van der Waals surface area contributed by atoms with Crippen LogP contribution in [-0.2, 0) is 11.3 Å². The van der Waals surface area contributed by atoms with Crippen LogP contribution < -0.4 is 5.32 Å². The second kappa shape index (κ2) is 7.07. The third-order valence-corrected chi connectivity index (χ3v) is 5.42. The van der Waals surface area contributed by atoms with Gasteiger partial charge in [-0.3, -0.25) is 14.5 Å². The molecule has 2 fully saturated rings. The van der Waals surface area contributed by atoms with Crippen LogP contribution in [0, 0.1) is 5.82 Å². The normalized spacial score (nSPS) is 18.5. The number of amides is 4. The molecule has 2 aliphatic heterocycles. The number of rotatable bonds is 3. The lowest BCUT2D eigenvalue weighted by molar-refractivity contribution is -0.133. The quantitative estimate of drug-likeness (QED) is 0.831. The molecule has 2 heterocycles. The minimum atomic E-state index is -0.953. The van der Waals surface area contributed by atoms with Crippen LogP contribution in [0.4, 0.5) is 9.18 Å². The van der Waals surface area contributed by atoms with E-state index in [0.717, 1.165) is 5.56 Å². The first-order valence-corrected chi connectivity index (χ1v) is 9.21. The van der Waals surface area contributed by atoms with Gasteiger partial charge in [0.2, 0.25) is 0 Å².